The van der Waals surface area contributed by atoms with Crippen molar-refractivity contribution in [3.8, 4) is 11.5 Å². The normalized spacial score (nSPS) is 19.4. The van der Waals surface area contributed by atoms with E-state index < -0.39 is 5.41 Å². The first-order chi connectivity index (χ1) is 20.8. The first kappa shape index (κ1) is 27.2. The van der Waals surface area contributed by atoms with Crippen LogP contribution in [0, 0.1) is 0 Å². The van der Waals surface area contributed by atoms with Gasteiger partial charge in [-0.3, -0.25) is 0 Å². The maximum absolute atomic E-state index is 6.02. The van der Waals surface area contributed by atoms with Crippen LogP contribution in [-0.2, 0) is 30.8 Å². The minimum atomic E-state index is -0.483. The molecule has 7 rings (SSSR count). The predicted octanol–water partition coefficient (Wildman–Crippen LogP) is 5.56. The minimum absolute atomic E-state index is 0.267. The van der Waals surface area contributed by atoms with Gasteiger partial charge in [0.15, 0.2) is 0 Å². The van der Waals surface area contributed by atoms with E-state index in [9.17, 15) is 0 Å². The summed E-state index contributed by atoms with van der Waals surface area (Å²) in [6, 6.07) is 34.8. The largest absolute Gasteiger partial charge is 0.491 e. The summed E-state index contributed by atoms with van der Waals surface area (Å²) in [7, 11) is 0. The fourth-order valence-corrected chi connectivity index (χ4v) is 6.02. The molecular formula is C36H36O6. The molecule has 0 amide bonds. The van der Waals surface area contributed by atoms with E-state index in [1.807, 2.05) is 0 Å². The number of benzene rings is 4. The minimum Gasteiger partial charge on any atom is -0.491 e. The Morgan fingerprint density at radius 2 is 0.976 bits per heavy atom. The maximum Gasteiger partial charge on any atom is 0.119 e. The molecule has 2 aliphatic heterocycles. The van der Waals surface area contributed by atoms with Gasteiger partial charge in [0, 0.05) is 0 Å². The lowest BCUT2D eigenvalue weighted by Crippen LogP contribution is -2.36. The van der Waals surface area contributed by atoms with Crippen molar-refractivity contribution in [3.63, 3.8) is 0 Å². The highest BCUT2D eigenvalue weighted by molar-refractivity contribution is 5.67. The summed E-state index contributed by atoms with van der Waals surface area (Å²) in [5, 5.41) is 0. The molecule has 0 saturated carbocycles. The maximum atomic E-state index is 6.02. The van der Waals surface area contributed by atoms with E-state index >= 15 is 0 Å². The lowest BCUT2D eigenvalue weighted by molar-refractivity contribution is 0.0878. The second-order valence-corrected chi connectivity index (χ2v) is 11.0. The van der Waals surface area contributed by atoms with E-state index in [-0.39, 0.29) is 12.2 Å². The molecule has 3 aliphatic rings. The number of hydrogen-bond acceptors (Lipinski definition) is 6. The van der Waals surface area contributed by atoms with E-state index in [1.54, 1.807) is 0 Å². The van der Waals surface area contributed by atoms with Crippen LogP contribution in [0.5, 0.6) is 11.5 Å². The van der Waals surface area contributed by atoms with Crippen LogP contribution in [-0.4, -0.2) is 65.1 Å². The number of hydrogen-bond donors (Lipinski definition) is 0. The fourth-order valence-electron chi connectivity index (χ4n) is 6.02. The van der Waals surface area contributed by atoms with Crippen LogP contribution < -0.4 is 9.47 Å². The highest BCUT2D eigenvalue weighted by Gasteiger charge is 2.43. The first-order valence-electron chi connectivity index (χ1n) is 14.8. The van der Waals surface area contributed by atoms with Gasteiger partial charge < -0.3 is 28.4 Å². The molecule has 216 valence electrons. The monoisotopic (exact) mass is 564 g/mol. The predicted molar refractivity (Wildman–Crippen MR) is 160 cm³/mol. The van der Waals surface area contributed by atoms with Gasteiger partial charge >= 0.3 is 0 Å². The summed E-state index contributed by atoms with van der Waals surface area (Å²) in [5.41, 5.74) is 7.19. The molecule has 2 saturated heterocycles. The Morgan fingerprint density at radius 1 is 0.548 bits per heavy atom. The molecule has 1 aliphatic carbocycles. The summed E-state index contributed by atoms with van der Waals surface area (Å²) in [6.45, 7) is 4.97. The molecule has 42 heavy (non-hydrogen) atoms. The molecule has 2 atom stereocenters. The average molecular weight is 565 g/mol. The van der Waals surface area contributed by atoms with Crippen molar-refractivity contribution < 1.29 is 28.4 Å². The topological polar surface area (TPSA) is 62.0 Å². The van der Waals surface area contributed by atoms with Gasteiger partial charge in [-0.25, -0.2) is 0 Å². The highest BCUT2D eigenvalue weighted by atomic mass is 16.6. The number of fused-ring (bicyclic) bond motifs is 2. The van der Waals surface area contributed by atoms with E-state index in [0.29, 0.717) is 39.6 Å². The standard InChI is InChI=1S/C36H36O6/c1-3-7-34-26(5-1)21-27-6-2-4-8-35(27)36(34,28-9-13-30(14-10-28)39-19-17-37-22-32-24-41-32)29-11-15-31(16-12-29)40-20-18-38-23-33-25-42-33/h1-16,32-33H,17-25H2. The van der Waals surface area contributed by atoms with Crippen molar-refractivity contribution in [1.29, 1.82) is 0 Å². The highest BCUT2D eigenvalue weighted by Crippen LogP contribution is 2.51. The van der Waals surface area contributed by atoms with Gasteiger partial charge in [0.1, 0.15) is 36.9 Å². The molecule has 6 heteroatoms. The summed E-state index contributed by atoms with van der Waals surface area (Å²) < 4.78 is 33.7. The Hall–Kier alpha value is -3.68. The molecule has 2 unspecified atom stereocenters. The zero-order valence-corrected chi connectivity index (χ0v) is 23.7. The summed E-state index contributed by atoms with van der Waals surface area (Å²) in [6.07, 6.45) is 1.45. The SMILES string of the molecule is c1ccc2c(c1)Cc1ccccc1C2(c1ccc(OCCOCC2CO2)cc1)c1ccc(OCCOCC2CO2)cc1. The molecule has 0 bridgehead atoms. The van der Waals surface area contributed by atoms with Gasteiger partial charge in [0.2, 0.25) is 0 Å². The molecule has 6 nitrogen and oxygen atoms in total. The van der Waals surface area contributed by atoms with Crippen LogP contribution in [0.25, 0.3) is 0 Å². The number of epoxide rings is 2. The van der Waals surface area contributed by atoms with Gasteiger partial charge in [-0.1, -0.05) is 72.8 Å². The number of ether oxygens (including phenoxy) is 6. The first-order valence-corrected chi connectivity index (χ1v) is 14.8. The zero-order chi connectivity index (χ0) is 28.2. The summed E-state index contributed by atoms with van der Waals surface area (Å²) in [5.74, 6) is 1.66. The van der Waals surface area contributed by atoms with Gasteiger partial charge in [0.25, 0.3) is 0 Å². The Bertz CT molecular complexity index is 1360. The van der Waals surface area contributed by atoms with Crippen molar-refractivity contribution >= 4 is 0 Å². The molecule has 2 heterocycles. The van der Waals surface area contributed by atoms with Crippen molar-refractivity contribution in [2.24, 2.45) is 0 Å². The lowest BCUT2D eigenvalue weighted by atomic mass is 9.60. The molecule has 0 N–H and O–H groups in total. The van der Waals surface area contributed by atoms with Crippen molar-refractivity contribution in [1.82, 2.24) is 0 Å². The van der Waals surface area contributed by atoms with Gasteiger partial charge in [-0.15, -0.1) is 0 Å². The van der Waals surface area contributed by atoms with Crippen LogP contribution >= 0.6 is 0 Å². The zero-order valence-electron chi connectivity index (χ0n) is 23.7. The Labute approximate surface area is 247 Å². The van der Waals surface area contributed by atoms with Crippen LogP contribution in [0.4, 0.5) is 0 Å². The van der Waals surface area contributed by atoms with E-state index in [0.717, 1.165) is 31.1 Å². The quantitative estimate of drug-likeness (QED) is 0.130. The van der Waals surface area contributed by atoms with Crippen molar-refractivity contribution in [2.45, 2.75) is 24.0 Å². The summed E-state index contributed by atoms with van der Waals surface area (Å²) in [4.78, 5) is 0. The molecule has 0 radical (unpaired) electrons. The third-order valence-corrected chi connectivity index (χ3v) is 8.20. The van der Waals surface area contributed by atoms with Crippen molar-refractivity contribution in [3.05, 3.63) is 130 Å². The molecule has 0 spiro atoms. The van der Waals surface area contributed by atoms with Crippen LogP contribution in [0.1, 0.15) is 33.4 Å². The molecule has 0 aromatic heterocycles. The van der Waals surface area contributed by atoms with E-state index in [4.69, 9.17) is 28.4 Å². The van der Waals surface area contributed by atoms with Gasteiger partial charge in [-0.05, 0) is 64.1 Å². The second kappa shape index (κ2) is 12.3. The lowest BCUT2D eigenvalue weighted by Gasteiger charge is -2.42. The Kier molecular flexibility index (Phi) is 7.94. The smallest absolute Gasteiger partial charge is 0.119 e. The fraction of sp³-hybridized carbons (Fsp3) is 0.333. The van der Waals surface area contributed by atoms with Crippen LogP contribution in [0.3, 0.4) is 0 Å². The van der Waals surface area contributed by atoms with E-state index in [2.05, 4.69) is 97.1 Å². The number of rotatable bonds is 14. The van der Waals surface area contributed by atoms with Crippen LogP contribution in [0.2, 0.25) is 0 Å². The Balaban J connectivity index is 1.18. The second-order valence-electron chi connectivity index (χ2n) is 11.0. The van der Waals surface area contributed by atoms with Crippen LogP contribution in [0.15, 0.2) is 97.1 Å². The van der Waals surface area contributed by atoms with Crippen molar-refractivity contribution in [2.75, 3.05) is 52.9 Å². The third kappa shape index (κ3) is 5.81. The third-order valence-electron chi connectivity index (χ3n) is 8.20. The van der Waals surface area contributed by atoms with Gasteiger partial charge in [0.05, 0.1) is 45.1 Å². The molecule has 4 aromatic rings. The molecule has 4 aromatic carbocycles. The molecular weight excluding hydrogens is 528 g/mol. The average Bonchev–Trinajstić information content (AvgIpc) is 3.97. The summed E-state index contributed by atoms with van der Waals surface area (Å²) >= 11 is 0. The van der Waals surface area contributed by atoms with E-state index in [1.165, 1.54) is 33.4 Å². The Morgan fingerprint density at radius 3 is 1.40 bits per heavy atom. The molecule has 2 fully saturated rings. The van der Waals surface area contributed by atoms with Gasteiger partial charge in [-0.2, -0.15) is 0 Å².